The van der Waals surface area contributed by atoms with Gasteiger partial charge in [-0.1, -0.05) is 23.4 Å². The third-order valence-electron chi connectivity index (χ3n) is 2.98. The Balaban J connectivity index is 2.18. The molecule has 0 aromatic heterocycles. The molecular formula is C13H12ClF2NO2S. The molecule has 1 heterocycles. The smallest absolute Gasteiger partial charge is 0.227 e. The number of amides is 1. The molecule has 0 spiro atoms. The summed E-state index contributed by atoms with van der Waals surface area (Å²) < 4.78 is 27.6. The number of hydrogen-bond donors (Lipinski definition) is 0. The zero-order chi connectivity index (χ0) is 14.9. The lowest BCUT2D eigenvalue weighted by Crippen LogP contribution is -2.27. The monoisotopic (exact) mass is 319 g/mol. The van der Waals surface area contributed by atoms with Crippen molar-refractivity contribution in [3.8, 4) is 0 Å². The molecule has 1 atom stereocenters. The van der Waals surface area contributed by atoms with Crippen LogP contribution in [0.25, 0.3) is 0 Å². The Hall–Kier alpha value is -1.14. The predicted molar refractivity (Wildman–Crippen MR) is 75.0 cm³/mol. The first-order valence-electron chi connectivity index (χ1n) is 5.96. The van der Waals surface area contributed by atoms with E-state index in [-0.39, 0.29) is 40.6 Å². The predicted octanol–water partition coefficient (Wildman–Crippen LogP) is 3.25. The van der Waals surface area contributed by atoms with Crippen molar-refractivity contribution < 1.29 is 18.4 Å². The van der Waals surface area contributed by atoms with Gasteiger partial charge in [0, 0.05) is 30.7 Å². The largest absolute Gasteiger partial charge is 0.307 e. The van der Waals surface area contributed by atoms with Gasteiger partial charge in [0.2, 0.25) is 5.91 Å². The summed E-state index contributed by atoms with van der Waals surface area (Å²) in [5.74, 6) is -1.69. The first-order chi connectivity index (χ1) is 9.38. The van der Waals surface area contributed by atoms with Gasteiger partial charge >= 0.3 is 0 Å². The van der Waals surface area contributed by atoms with Crippen LogP contribution in [0, 0.1) is 17.6 Å². The molecule has 0 aliphatic carbocycles. The molecule has 1 saturated heterocycles. The Bertz CT molecular complexity index is 544. The Morgan fingerprint density at radius 3 is 2.60 bits per heavy atom. The molecule has 1 aliphatic rings. The SMILES string of the molecule is CC(=O)SCC1CC(=O)N(c2c(F)cc(Cl)cc2F)C1. The maximum absolute atomic E-state index is 13.8. The van der Waals surface area contributed by atoms with Crippen LogP contribution in [0.15, 0.2) is 12.1 Å². The van der Waals surface area contributed by atoms with Crippen molar-refractivity contribution in [1.29, 1.82) is 0 Å². The van der Waals surface area contributed by atoms with E-state index < -0.39 is 11.6 Å². The first-order valence-corrected chi connectivity index (χ1v) is 7.33. The molecule has 2 rings (SSSR count). The number of thioether (sulfide) groups is 1. The quantitative estimate of drug-likeness (QED) is 0.858. The Labute approximate surface area is 124 Å². The molecule has 0 bridgehead atoms. The average Bonchev–Trinajstić information content (AvgIpc) is 2.67. The average molecular weight is 320 g/mol. The molecule has 1 aliphatic heterocycles. The second-order valence-corrected chi connectivity index (χ2v) is 6.23. The van der Waals surface area contributed by atoms with Crippen molar-refractivity contribution in [1.82, 2.24) is 0 Å². The molecular weight excluding hydrogens is 308 g/mol. The van der Waals surface area contributed by atoms with Crippen LogP contribution in [0.1, 0.15) is 13.3 Å². The minimum absolute atomic E-state index is 0.0419. The first kappa shape index (κ1) is 15.3. The van der Waals surface area contributed by atoms with Gasteiger partial charge in [-0.2, -0.15) is 0 Å². The zero-order valence-corrected chi connectivity index (χ0v) is 12.2. The Morgan fingerprint density at radius 1 is 1.45 bits per heavy atom. The number of halogens is 3. The van der Waals surface area contributed by atoms with Crippen molar-refractivity contribution in [3.63, 3.8) is 0 Å². The van der Waals surface area contributed by atoms with Gasteiger partial charge in [0.15, 0.2) is 16.7 Å². The molecule has 20 heavy (non-hydrogen) atoms. The van der Waals surface area contributed by atoms with E-state index in [4.69, 9.17) is 11.6 Å². The lowest BCUT2D eigenvalue weighted by Gasteiger charge is -2.18. The van der Waals surface area contributed by atoms with Crippen LogP contribution in [0.3, 0.4) is 0 Å². The fraction of sp³-hybridized carbons (Fsp3) is 0.385. The van der Waals surface area contributed by atoms with Crippen LogP contribution < -0.4 is 4.90 Å². The standard InChI is InChI=1S/C13H12ClF2NO2S/c1-7(18)20-6-8-2-12(19)17(5-8)13-10(15)3-9(14)4-11(13)16/h3-4,8H,2,5-6H2,1H3. The topological polar surface area (TPSA) is 37.4 Å². The summed E-state index contributed by atoms with van der Waals surface area (Å²) in [6, 6.07) is 1.95. The molecule has 0 radical (unpaired) electrons. The normalized spacial score (nSPS) is 18.7. The van der Waals surface area contributed by atoms with E-state index in [2.05, 4.69) is 0 Å². The minimum Gasteiger partial charge on any atom is -0.307 e. The van der Waals surface area contributed by atoms with E-state index in [9.17, 15) is 18.4 Å². The summed E-state index contributed by atoms with van der Waals surface area (Å²) in [6.07, 6.45) is 0.182. The van der Waals surface area contributed by atoms with Crippen LogP contribution in [0.4, 0.5) is 14.5 Å². The molecule has 1 fully saturated rings. The summed E-state index contributed by atoms with van der Waals surface area (Å²) >= 11 is 6.67. The maximum atomic E-state index is 13.8. The minimum atomic E-state index is -0.858. The van der Waals surface area contributed by atoms with Gasteiger partial charge in [-0.15, -0.1) is 0 Å². The molecule has 1 unspecified atom stereocenters. The lowest BCUT2D eigenvalue weighted by atomic mass is 10.1. The molecule has 0 saturated carbocycles. The van der Waals surface area contributed by atoms with Gasteiger partial charge in [0.1, 0.15) is 5.69 Å². The number of hydrogen-bond acceptors (Lipinski definition) is 3. The number of carbonyl (C=O) groups is 2. The number of anilines is 1. The van der Waals surface area contributed by atoms with Crippen molar-refractivity contribution in [2.24, 2.45) is 5.92 Å². The Morgan fingerprint density at radius 2 is 2.05 bits per heavy atom. The molecule has 7 heteroatoms. The number of rotatable bonds is 3. The summed E-state index contributed by atoms with van der Waals surface area (Å²) in [6.45, 7) is 1.65. The van der Waals surface area contributed by atoms with Crippen molar-refractivity contribution in [2.75, 3.05) is 17.2 Å². The van der Waals surface area contributed by atoms with E-state index in [1.165, 1.54) is 6.92 Å². The van der Waals surface area contributed by atoms with Crippen LogP contribution >= 0.6 is 23.4 Å². The lowest BCUT2D eigenvalue weighted by molar-refractivity contribution is -0.117. The van der Waals surface area contributed by atoms with Crippen molar-refractivity contribution in [3.05, 3.63) is 28.8 Å². The van der Waals surface area contributed by atoms with Gasteiger partial charge < -0.3 is 4.90 Å². The summed E-state index contributed by atoms with van der Waals surface area (Å²) in [4.78, 5) is 23.9. The number of carbonyl (C=O) groups excluding carboxylic acids is 2. The van der Waals surface area contributed by atoms with Crippen LogP contribution in [0.5, 0.6) is 0 Å². The fourth-order valence-electron chi connectivity index (χ4n) is 2.14. The van der Waals surface area contributed by atoms with Crippen LogP contribution in [-0.2, 0) is 9.59 Å². The molecule has 1 amide bonds. The highest BCUT2D eigenvalue weighted by molar-refractivity contribution is 8.13. The molecule has 1 aromatic rings. The third kappa shape index (κ3) is 3.30. The van der Waals surface area contributed by atoms with Gasteiger partial charge in [-0.3, -0.25) is 9.59 Å². The Kier molecular flexibility index (Phi) is 4.65. The van der Waals surface area contributed by atoms with Gasteiger partial charge in [0.25, 0.3) is 0 Å². The van der Waals surface area contributed by atoms with E-state index in [1.807, 2.05) is 0 Å². The summed E-state index contributed by atoms with van der Waals surface area (Å²) in [7, 11) is 0. The fourth-order valence-corrected chi connectivity index (χ4v) is 3.02. The van der Waals surface area contributed by atoms with Crippen molar-refractivity contribution in [2.45, 2.75) is 13.3 Å². The van der Waals surface area contributed by atoms with E-state index >= 15 is 0 Å². The van der Waals surface area contributed by atoms with Crippen molar-refractivity contribution >= 4 is 40.1 Å². The molecule has 0 N–H and O–H groups in total. The van der Waals surface area contributed by atoms with E-state index in [1.54, 1.807) is 0 Å². The third-order valence-corrected chi connectivity index (χ3v) is 4.24. The second kappa shape index (κ2) is 6.10. The highest BCUT2D eigenvalue weighted by Crippen LogP contribution is 2.32. The van der Waals surface area contributed by atoms with E-state index in [0.717, 1.165) is 28.8 Å². The van der Waals surface area contributed by atoms with Crippen LogP contribution in [-0.4, -0.2) is 23.3 Å². The molecule has 108 valence electrons. The van der Waals surface area contributed by atoms with Gasteiger partial charge in [-0.25, -0.2) is 8.78 Å². The highest BCUT2D eigenvalue weighted by atomic mass is 35.5. The van der Waals surface area contributed by atoms with Gasteiger partial charge in [-0.05, 0) is 18.1 Å². The molecule has 1 aromatic carbocycles. The van der Waals surface area contributed by atoms with E-state index in [0.29, 0.717) is 5.75 Å². The maximum Gasteiger partial charge on any atom is 0.227 e. The second-order valence-electron chi connectivity index (χ2n) is 4.60. The van der Waals surface area contributed by atoms with Gasteiger partial charge in [0.05, 0.1) is 0 Å². The number of nitrogens with zero attached hydrogens (tertiary/aromatic N) is 1. The molecule has 3 nitrogen and oxygen atoms in total. The zero-order valence-electron chi connectivity index (χ0n) is 10.7. The van der Waals surface area contributed by atoms with Crippen LogP contribution in [0.2, 0.25) is 5.02 Å². The highest BCUT2D eigenvalue weighted by Gasteiger charge is 2.34. The number of benzene rings is 1. The summed E-state index contributed by atoms with van der Waals surface area (Å²) in [5, 5.41) is -0.0983. The summed E-state index contributed by atoms with van der Waals surface area (Å²) in [5.41, 5.74) is -0.366.